The normalized spacial score (nSPS) is 14.5. The number of aliphatic hydroxyl groups excluding tert-OH is 1. The van der Waals surface area contributed by atoms with E-state index in [9.17, 15) is 43.2 Å². The highest BCUT2D eigenvalue weighted by Crippen LogP contribution is 2.45. The number of hydrogen-bond donors (Lipinski definition) is 3. The van der Waals surface area contributed by atoms with Crippen LogP contribution in [0.3, 0.4) is 0 Å². The van der Waals surface area contributed by atoms with Gasteiger partial charge in [0.25, 0.3) is 0 Å². The lowest BCUT2D eigenvalue weighted by Crippen LogP contribution is -2.30. The fourth-order valence-corrected chi connectivity index (χ4v) is 14.4. The zero-order valence-electron chi connectivity index (χ0n) is 67.1. The SMILES string of the molecule is CCCCCCCCCCCCCCCC(=O)O[C@H](COC(=O)CCCCCCCCC(C)C)COP(=O)(O)OC[C@H](O)COP(=O)(O)OC[C@@H](COC(=O)CCCCCCCCCCCCCCCCC(C)CC)OC(=O)CCCCCCCCCCCCCCCCCCCCC(C)CC. The maximum Gasteiger partial charge on any atom is 0.472 e. The number of carbonyl (C=O) groups is 4. The molecule has 606 valence electrons. The predicted molar refractivity (Wildman–Crippen MR) is 418 cm³/mol. The van der Waals surface area contributed by atoms with Crippen LogP contribution in [0.2, 0.25) is 0 Å². The lowest BCUT2D eigenvalue weighted by atomic mass is 9.99. The van der Waals surface area contributed by atoms with Crippen LogP contribution in [-0.2, 0) is 65.4 Å². The minimum atomic E-state index is -4.96. The Morgan fingerprint density at radius 3 is 0.745 bits per heavy atom. The molecule has 17 nitrogen and oxygen atoms in total. The lowest BCUT2D eigenvalue weighted by Gasteiger charge is -2.21. The van der Waals surface area contributed by atoms with Crippen LogP contribution < -0.4 is 0 Å². The third-order valence-electron chi connectivity index (χ3n) is 20.1. The molecule has 0 radical (unpaired) electrons. The highest BCUT2D eigenvalue weighted by Gasteiger charge is 2.30. The van der Waals surface area contributed by atoms with Crippen molar-refractivity contribution in [2.75, 3.05) is 39.6 Å². The average Bonchev–Trinajstić information content (AvgIpc) is 0.930. The quantitative estimate of drug-likeness (QED) is 0.0222. The molecule has 0 aliphatic rings. The molecule has 7 atom stereocenters. The molecule has 0 aliphatic carbocycles. The van der Waals surface area contributed by atoms with E-state index < -0.39 is 97.5 Å². The van der Waals surface area contributed by atoms with Crippen molar-refractivity contribution >= 4 is 39.5 Å². The fraction of sp³-hybridized carbons (Fsp3) is 0.952. The van der Waals surface area contributed by atoms with Crippen molar-refractivity contribution in [2.45, 2.75) is 452 Å². The summed E-state index contributed by atoms with van der Waals surface area (Å²) in [4.78, 5) is 73.0. The first-order valence-electron chi connectivity index (χ1n) is 42.9. The molecule has 0 rings (SSSR count). The summed E-state index contributed by atoms with van der Waals surface area (Å²) in [5.74, 6) is 0.290. The van der Waals surface area contributed by atoms with Gasteiger partial charge in [-0.1, -0.05) is 382 Å². The Labute approximate surface area is 626 Å². The van der Waals surface area contributed by atoms with Gasteiger partial charge in [0.1, 0.15) is 19.3 Å². The van der Waals surface area contributed by atoms with Gasteiger partial charge in [-0.3, -0.25) is 37.3 Å². The van der Waals surface area contributed by atoms with Gasteiger partial charge in [0, 0.05) is 25.7 Å². The zero-order valence-corrected chi connectivity index (χ0v) is 68.9. The number of aliphatic hydroxyl groups is 1. The van der Waals surface area contributed by atoms with E-state index in [4.69, 9.17) is 37.0 Å². The minimum Gasteiger partial charge on any atom is -0.462 e. The van der Waals surface area contributed by atoms with Crippen LogP contribution >= 0.6 is 15.6 Å². The van der Waals surface area contributed by atoms with E-state index in [1.807, 2.05) is 0 Å². The Kier molecular flexibility index (Phi) is 71.8. The Bertz CT molecular complexity index is 1980. The molecule has 0 amide bonds. The van der Waals surface area contributed by atoms with Gasteiger partial charge in [-0.2, -0.15) is 0 Å². The summed E-state index contributed by atoms with van der Waals surface area (Å²) >= 11 is 0. The highest BCUT2D eigenvalue weighted by molar-refractivity contribution is 7.47. The standard InChI is InChI=1S/C83H162O17P2/c1-8-11-12-13-14-15-16-25-33-38-43-52-59-66-83(88)100-79(71-94-81(86)65-58-51-46-45-47-54-61-74(4)5)73-98-102(91,92)96-69-77(84)68-95-101(89,90)97-72-78(70-93-80(85)64-57-50-42-37-32-28-24-23-27-31-36-41-49-56-63-76(7)10-3)99-82(87)67-60-53-44-39-34-29-22-20-18-17-19-21-26-30-35-40-48-55-62-75(6)9-2/h74-79,84H,8-73H2,1-7H3,(H,89,90)(H,91,92)/t75?,76?,77-,78-,79-/m1/s1. The second-order valence-electron chi connectivity index (χ2n) is 30.8. The van der Waals surface area contributed by atoms with Crippen LogP contribution in [0.25, 0.3) is 0 Å². The summed E-state index contributed by atoms with van der Waals surface area (Å²) in [7, 11) is -9.92. The summed E-state index contributed by atoms with van der Waals surface area (Å²) < 4.78 is 68.7. The maximum absolute atomic E-state index is 13.1. The zero-order chi connectivity index (χ0) is 75.1. The Morgan fingerprint density at radius 1 is 0.284 bits per heavy atom. The molecule has 19 heteroatoms. The monoisotopic (exact) mass is 1490 g/mol. The molecular weight excluding hydrogens is 1330 g/mol. The third kappa shape index (κ3) is 73.6. The van der Waals surface area contributed by atoms with E-state index in [0.29, 0.717) is 31.6 Å². The van der Waals surface area contributed by atoms with Gasteiger partial charge in [0.2, 0.25) is 0 Å². The molecule has 0 aliphatic heterocycles. The van der Waals surface area contributed by atoms with Crippen molar-refractivity contribution in [3.8, 4) is 0 Å². The molecule has 102 heavy (non-hydrogen) atoms. The van der Waals surface area contributed by atoms with Crippen LogP contribution in [0.4, 0.5) is 0 Å². The molecule has 0 heterocycles. The first-order valence-corrected chi connectivity index (χ1v) is 45.9. The highest BCUT2D eigenvalue weighted by atomic mass is 31.2. The van der Waals surface area contributed by atoms with Crippen molar-refractivity contribution < 1.29 is 80.2 Å². The van der Waals surface area contributed by atoms with Crippen LogP contribution in [0.15, 0.2) is 0 Å². The minimum absolute atomic E-state index is 0.107. The van der Waals surface area contributed by atoms with E-state index in [2.05, 4.69) is 48.5 Å². The average molecular weight is 1490 g/mol. The Morgan fingerprint density at radius 2 is 0.500 bits per heavy atom. The van der Waals surface area contributed by atoms with Gasteiger partial charge < -0.3 is 33.8 Å². The second kappa shape index (κ2) is 73.2. The summed E-state index contributed by atoms with van der Waals surface area (Å²) in [5.41, 5.74) is 0. The smallest absolute Gasteiger partial charge is 0.462 e. The number of phosphoric acid groups is 2. The number of unbranched alkanes of at least 4 members (excludes halogenated alkanes) is 47. The van der Waals surface area contributed by atoms with E-state index in [1.165, 1.54) is 238 Å². The molecular formula is C83H162O17P2. The fourth-order valence-electron chi connectivity index (χ4n) is 12.8. The van der Waals surface area contributed by atoms with Crippen molar-refractivity contribution in [3.63, 3.8) is 0 Å². The Hall–Kier alpha value is -1.94. The first kappa shape index (κ1) is 100. The molecule has 0 aromatic carbocycles. The molecule has 4 unspecified atom stereocenters. The van der Waals surface area contributed by atoms with Gasteiger partial charge in [0.05, 0.1) is 26.4 Å². The van der Waals surface area contributed by atoms with Gasteiger partial charge >= 0.3 is 39.5 Å². The second-order valence-corrected chi connectivity index (χ2v) is 33.7. The number of phosphoric ester groups is 2. The van der Waals surface area contributed by atoms with Gasteiger partial charge in [-0.15, -0.1) is 0 Å². The van der Waals surface area contributed by atoms with Crippen molar-refractivity contribution in [1.82, 2.24) is 0 Å². The number of rotatable bonds is 81. The van der Waals surface area contributed by atoms with Crippen molar-refractivity contribution in [1.29, 1.82) is 0 Å². The van der Waals surface area contributed by atoms with Crippen LogP contribution in [0, 0.1) is 17.8 Å². The molecule has 0 spiro atoms. The molecule has 0 aromatic heterocycles. The summed E-state index contributed by atoms with van der Waals surface area (Å²) in [6.07, 6.45) is 62.5. The largest absolute Gasteiger partial charge is 0.472 e. The maximum atomic E-state index is 13.1. The van der Waals surface area contributed by atoms with Crippen molar-refractivity contribution in [3.05, 3.63) is 0 Å². The van der Waals surface area contributed by atoms with Gasteiger partial charge in [0.15, 0.2) is 12.2 Å². The number of esters is 4. The van der Waals surface area contributed by atoms with Gasteiger partial charge in [-0.25, -0.2) is 9.13 Å². The Balaban J connectivity index is 5.21. The molecule has 3 N–H and O–H groups in total. The molecule has 0 saturated carbocycles. The van der Waals surface area contributed by atoms with E-state index in [0.717, 1.165) is 108 Å². The lowest BCUT2D eigenvalue weighted by molar-refractivity contribution is -0.161. The van der Waals surface area contributed by atoms with E-state index in [1.54, 1.807) is 0 Å². The molecule has 0 fully saturated rings. The van der Waals surface area contributed by atoms with Gasteiger partial charge in [-0.05, 0) is 43.4 Å². The summed E-state index contributed by atoms with van der Waals surface area (Å²) in [5, 5.41) is 10.6. The van der Waals surface area contributed by atoms with E-state index in [-0.39, 0.29) is 25.7 Å². The topological polar surface area (TPSA) is 237 Å². The number of hydrogen-bond acceptors (Lipinski definition) is 15. The van der Waals surface area contributed by atoms with E-state index >= 15 is 0 Å². The molecule has 0 bridgehead atoms. The van der Waals surface area contributed by atoms with Crippen LogP contribution in [-0.4, -0.2) is 96.7 Å². The van der Waals surface area contributed by atoms with Crippen molar-refractivity contribution in [2.24, 2.45) is 17.8 Å². The molecule has 0 aromatic rings. The first-order chi connectivity index (χ1) is 49.3. The van der Waals surface area contributed by atoms with Crippen LogP contribution in [0.1, 0.15) is 434 Å². The number of carbonyl (C=O) groups excluding carboxylic acids is 4. The summed E-state index contributed by atoms with van der Waals surface area (Å²) in [6, 6.07) is 0. The summed E-state index contributed by atoms with van der Waals surface area (Å²) in [6.45, 7) is 12.0. The molecule has 0 saturated heterocycles. The predicted octanol–water partition coefficient (Wildman–Crippen LogP) is 24.9. The number of ether oxygens (including phenoxy) is 4. The third-order valence-corrected chi connectivity index (χ3v) is 22.0. The van der Waals surface area contributed by atoms with Crippen LogP contribution in [0.5, 0.6) is 0 Å².